The number of carboxylic acid groups (broad SMARTS) is 1. The third kappa shape index (κ3) is 2.95. The van der Waals surface area contributed by atoms with Gasteiger partial charge in [0.1, 0.15) is 5.88 Å². The van der Waals surface area contributed by atoms with E-state index in [0.717, 1.165) is 0 Å². The first-order valence-corrected chi connectivity index (χ1v) is 4.78. The molecule has 2 N–H and O–H groups in total. The second-order valence-corrected chi connectivity index (χ2v) is 3.28. The predicted molar refractivity (Wildman–Crippen MR) is 57.5 cm³/mol. The van der Waals surface area contributed by atoms with Crippen LogP contribution >= 0.6 is 11.6 Å². The van der Waals surface area contributed by atoms with Gasteiger partial charge in [-0.15, -0.1) is 11.6 Å². The Morgan fingerprint density at radius 3 is 2.60 bits per heavy atom. The summed E-state index contributed by atoms with van der Waals surface area (Å²) in [7, 11) is 0. The number of carbonyl (C=O) groups excluding carboxylic acids is 1. The van der Waals surface area contributed by atoms with Gasteiger partial charge in [0.25, 0.3) is 0 Å². The van der Waals surface area contributed by atoms with Crippen LogP contribution in [0.4, 0.5) is 5.69 Å². The maximum absolute atomic E-state index is 11.0. The minimum absolute atomic E-state index is 0.125. The summed E-state index contributed by atoms with van der Waals surface area (Å²) in [6.45, 7) is 1.72. The van der Waals surface area contributed by atoms with Crippen molar-refractivity contribution in [2.75, 3.05) is 11.2 Å². The average molecular weight is 228 g/mol. The van der Waals surface area contributed by atoms with Gasteiger partial charge in [0.2, 0.25) is 5.91 Å². The van der Waals surface area contributed by atoms with E-state index in [1.165, 1.54) is 12.1 Å². The summed E-state index contributed by atoms with van der Waals surface area (Å²) in [5.74, 6) is -1.43. The molecule has 80 valence electrons. The predicted octanol–water partition coefficient (Wildman–Crippen LogP) is 1.87. The van der Waals surface area contributed by atoms with Gasteiger partial charge >= 0.3 is 5.97 Å². The molecule has 0 atom stereocenters. The van der Waals surface area contributed by atoms with Crippen LogP contribution in [0.25, 0.3) is 0 Å². The zero-order valence-electron chi connectivity index (χ0n) is 8.08. The average Bonchev–Trinajstić information content (AvgIpc) is 2.20. The molecule has 0 unspecified atom stereocenters. The van der Waals surface area contributed by atoms with Crippen molar-refractivity contribution >= 4 is 29.2 Å². The zero-order valence-corrected chi connectivity index (χ0v) is 8.84. The minimum Gasteiger partial charge on any atom is -0.478 e. The van der Waals surface area contributed by atoms with Crippen LogP contribution in [0, 0.1) is 6.92 Å². The van der Waals surface area contributed by atoms with E-state index in [9.17, 15) is 9.59 Å². The summed E-state index contributed by atoms with van der Waals surface area (Å²) in [5, 5.41) is 11.3. The number of amides is 1. The van der Waals surface area contributed by atoms with Crippen molar-refractivity contribution in [3.8, 4) is 0 Å². The maximum Gasteiger partial charge on any atom is 0.335 e. The van der Waals surface area contributed by atoms with Crippen LogP contribution in [0.3, 0.4) is 0 Å². The van der Waals surface area contributed by atoms with Crippen LogP contribution in [-0.2, 0) is 4.79 Å². The molecule has 1 rings (SSSR count). The highest BCUT2D eigenvalue weighted by atomic mass is 35.5. The van der Waals surface area contributed by atoms with Crippen molar-refractivity contribution < 1.29 is 14.7 Å². The highest BCUT2D eigenvalue weighted by Gasteiger charge is 2.07. The Labute approximate surface area is 91.9 Å². The largest absolute Gasteiger partial charge is 0.478 e. The van der Waals surface area contributed by atoms with Crippen molar-refractivity contribution in [2.24, 2.45) is 0 Å². The number of alkyl halides is 1. The van der Waals surface area contributed by atoms with Gasteiger partial charge in [-0.1, -0.05) is 0 Å². The highest BCUT2D eigenvalue weighted by Crippen LogP contribution is 2.16. The maximum atomic E-state index is 11.0. The van der Waals surface area contributed by atoms with Crippen molar-refractivity contribution in [3.63, 3.8) is 0 Å². The van der Waals surface area contributed by atoms with E-state index in [4.69, 9.17) is 16.7 Å². The first kappa shape index (κ1) is 11.5. The zero-order chi connectivity index (χ0) is 11.4. The number of rotatable bonds is 3. The highest BCUT2D eigenvalue weighted by molar-refractivity contribution is 6.29. The molecule has 0 aliphatic rings. The van der Waals surface area contributed by atoms with E-state index >= 15 is 0 Å². The van der Waals surface area contributed by atoms with Crippen LogP contribution in [0.2, 0.25) is 0 Å². The van der Waals surface area contributed by atoms with Gasteiger partial charge in [-0.05, 0) is 30.7 Å². The monoisotopic (exact) mass is 227 g/mol. The molecule has 0 saturated carbocycles. The number of hydrogen-bond donors (Lipinski definition) is 2. The Hall–Kier alpha value is -1.55. The fourth-order valence-corrected chi connectivity index (χ4v) is 1.19. The normalized spacial score (nSPS) is 9.73. The van der Waals surface area contributed by atoms with Crippen molar-refractivity contribution in [1.29, 1.82) is 0 Å². The summed E-state index contributed by atoms with van der Waals surface area (Å²) >= 11 is 5.33. The second kappa shape index (κ2) is 4.79. The van der Waals surface area contributed by atoms with Gasteiger partial charge in [0.05, 0.1) is 5.56 Å². The molecule has 0 saturated heterocycles. The van der Waals surface area contributed by atoms with Crippen LogP contribution in [0.5, 0.6) is 0 Å². The SMILES string of the molecule is Cc1cc(C(=O)O)ccc1NC(=O)CCl. The molecule has 15 heavy (non-hydrogen) atoms. The summed E-state index contributed by atoms with van der Waals surface area (Å²) in [6, 6.07) is 4.47. The van der Waals surface area contributed by atoms with Crippen LogP contribution < -0.4 is 5.32 Å². The number of carboxylic acids is 1. The molecule has 5 heteroatoms. The fraction of sp³-hybridized carbons (Fsp3) is 0.200. The van der Waals surface area contributed by atoms with E-state index in [1.807, 2.05) is 0 Å². The summed E-state index contributed by atoms with van der Waals surface area (Å²) in [6.07, 6.45) is 0. The third-order valence-electron chi connectivity index (χ3n) is 1.87. The lowest BCUT2D eigenvalue weighted by molar-refractivity contribution is -0.113. The lowest BCUT2D eigenvalue weighted by Crippen LogP contribution is -2.13. The summed E-state index contributed by atoms with van der Waals surface area (Å²) in [5.41, 5.74) is 1.45. The summed E-state index contributed by atoms with van der Waals surface area (Å²) < 4.78 is 0. The van der Waals surface area contributed by atoms with Crippen molar-refractivity contribution in [2.45, 2.75) is 6.92 Å². The molecule has 0 fully saturated rings. The Morgan fingerprint density at radius 2 is 2.13 bits per heavy atom. The lowest BCUT2D eigenvalue weighted by Gasteiger charge is -2.07. The molecule has 1 amide bonds. The Morgan fingerprint density at radius 1 is 1.47 bits per heavy atom. The van der Waals surface area contributed by atoms with Gasteiger partial charge in [0, 0.05) is 5.69 Å². The molecule has 0 bridgehead atoms. The van der Waals surface area contributed by atoms with Gasteiger partial charge in [-0.25, -0.2) is 4.79 Å². The fourth-order valence-electron chi connectivity index (χ4n) is 1.12. The molecule has 4 nitrogen and oxygen atoms in total. The number of halogens is 1. The van der Waals surface area contributed by atoms with E-state index in [2.05, 4.69) is 5.32 Å². The number of aryl methyl sites for hydroxylation is 1. The summed E-state index contributed by atoms with van der Waals surface area (Å²) in [4.78, 5) is 21.6. The van der Waals surface area contributed by atoms with Crippen LogP contribution in [0.1, 0.15) is 15.9 Å². The van der Waals surface area contributed by atoms with Gasteiger partial charge in [-0.2, -0.15) is 0 Å². The number of anilines is 1. The lowest BCUT2D eigenvalue weighted by atomic mass is 10.1. The molecule has 0 heterocycles. The Bertz CT molecular complexity index is 404. The Kier molecular flexibility index (Phi) is 3.68. The second-order valence-electron chi connectivity index (χ2n) is 3.02. The van der Waals surface area contributed by atoms with Crippen molar-refractivity contribution in [1.82, 2.24) is 0 Å². The number of aromatic carboxylic acids is 1. The smallest absolute Gasteiger partial charge is 0.335 e. The first-order valence-electron chi connectivity index (χ1n) is 4.24. The van der Waals surface area contributed by atoms with Gasteiger partial charge in [0.15, 0.2) is 0 Å². The molecular formula is C10H10ClNO3. The quantitative estimate of drug-likeness (QED) is 0.775. The van der Waals surface area contributed by atoms with Crippen LogP contribution in [0.15, 0.2) is 18.2 Å². The molecule has 0 spiro atoms. The standard InChI is InChI=1S/C10H10ClNO3/c1-6-4-7(10(14)15)2-3-8(6)12-9(13)5-11/h2-4H,5H2,1H3,(H,12,13)(H,14,15). The molecule has 0 aliphatic carbocycles. The van der Waals surface area contributed by atoms with Gasteiger partial charge in [-0.3, -0.25) is 4.79 Å². The Balaban J connectivity index is 2.93. The molecule has 1 aromatic rings. The van der Waals surface area contributed by atoms with E-state index in [0.29, 0.717) is 11.3 Å². The molecule has 0 aromatic heterocycles. The third-order valence-corrected chi connectivity index (χ3v) is 2.11. The number of benzene rings is 1. The minimum atomic E-state index is -0.992. The molecular weight excluding hydrogens is 218 g/mol. The van der Waals surface area contributed by atoms with E-state index < -0.39 is 5.97 Å². The molecule has 0 aliphatic heterocycles. The van der Waals surface area contributed by atoms with Crippen LogP contribution in [-0.4, -0.2) is 22.9 Å². The van der Waals surface area contributed by atoms with Gasteiger partial charge < -0.3 is 10.4 Å². The van der Waals surface area contributed by atoms with E-state index in [-0.39, 0.29) is 17.4 Å². The van der Waals surface area contributed by atoms with E-state index in [1.54, 1.807) is 13.0 Å². The number of carbonyl (C=O) groups is 2. The topological polar surface area (TPSA) is 66.4 Å². The first-order chi connectivity index (χ1) is 7.04. The number of hydrogen-bond acceptors (Lipinski definition) is 2. The van der Waals surface area contributed by atoms with Crippen molar-refractivity contribution in [3.05, 3.63) is 29.3 Å². The molecule has 0 radical (unpaired) electrons. The number of nitrogens with one attached hydrogen (secondary N) is 1. The molecule has 1 aromatic carbocycles.